The van der Waals surface area contributed by atoms with Gasteiger partial charge in [0.1, 0.15) is 0 Å². The van der Waals surface area contributed by atoms with Gasteiger partial charge in [0.2, 0.25) is 5.91 Å². The van der Waals surface area contributed by atoms with E-state index in [-0.39, 0.29) is 17.4 Å². The number of carbonyl (C=O) groups is 1. The molecule has 1 heterocycles. The minimum atomic E-state index is -3.69. The zero-order chi connectivity index (χ0) is 16.3. The maximum atomic E-state index is 12.7. The summed E-state index contributed by atoms with van der Waals surface area (Å²) in [6.45, 7) is 14.2. The largest absolute Gasteiger partial charge is 0.586 e. The van der Waals surface area contributed by atoms with Crippen LogP contribution in [0.3, 0.4) is 0 Å². The first-order valence-electron chi connectivity index (χ1n) is 6.42. The van der Waals surface area contributed by atoms with Gasteiger partial charge in [-0.05, 0) is 13.0 Å². The quantitative estimate of drug-likeness (QED) is 0.852. The molecule has 0 aromatic heterocycles. The van der Waals surface area contributed by atoms with Crippen molar-refractivity contribution < 1.29 is 23.0 Å². The predicted molar refractivity (Wildman–Crippen MR) is 74.6 cm³/mol. The Kier molecular flexibility index (Phi) is 10.2. The molecule has 0 aliphatic carbocycles. The van der Waals surface area contributed by atoms with Crippen LogP contribution in [0.5, 0.6) is 0 Å². The lowest BCUT2D eigenvalue weighted by Gasteiger charge is -2.07. The molecule has 0 saturated carbocycles. The third-order valence-corrected chi connectivity index (χ3v) is 1.61. The summed E-state index contributed by atoms with van der Waals surface area (Å²) in [5.74, 6) is -0.652. The van der Waals surface area contributed by atoms with Gasteiger partial charge in [-0.3, -0.25) is 4.79 Å². The van der Waals surface area contributed by atoms with Gasteiger partial charge in [0.05, 0.1) is 0 Å². The summed E-state index contributed by atoms with van der Waals surface area (Å²) in [6, 6.07) is 0. The van der Waals surface area contributed by atoms with Crippen molar-refractivity contribution in [3.63, 3.8) is 0 Å². The minimum Gasteiger partial charge on any atom is -0.395 e. The van der Waals surface area contributed by atoms with Crippen LogP contribution in [0, 0.1) is 0 Å². The van der Waals surface area contributed by atoms with Gasteiger partial charge in [-0.25, -0.2) is 0 Å². The van der Waals surface area contributed by atoms with Crippen molar-refractivity contribution in [3.05, 3.63) is 35.9 Å². The minimum absolute atomic E-state index is 0.172. The second-order valence-electron chi connectivity index (χ2n) is 3.11. The summed E-state index contributed by atoms with van der Waals surface area (Å²) in [7, 11) is 0. The van der Waals surface area contributed by atoms with Crippen molar-refractivity contribution in [2.45, 2.75) is 47.8 Å². The molecular weight excluding hydrogens is 268 g/mol. The Labute approximate surface area is 119 Å². The van der Waals surface area contributed by atoms with Crippen LogP contribution in [-0.2, 0) is 14.3 Å². The van der Waals surface area contributed by atoms with Gasteiger partial charge >= 0.3 is 6.29 Å². The summed E-state index contributed by atoms with van der Waals surface area (Å²) in [5.41, 5.74) is 0.364. The van der Waals surface area contributed by atoms with E-state index in [1.807, 2.05) is 27.7 Å². The maximum Gasteiger partial charge on any atom is 0.586 e. The highest BCUT2D eigenvalue weighted by molar-refractivity contribution is 5.74. The molecule has 0 aromatic rings. The molecule has 6 heteroatoms. The highest BCUT2D eigenvalue weighted by Gasteiger charge is 2.43. The number of hydrogen-bond acceptors (Lipinski definition) is 3. The van der Waals surface area contributed by atoms with E-state index in [0.717, 1.165) is 6.08 Å². The molecule has 0 spiro atoms. The lowest BCUT2D eigenvalue weighted by atomic mass is 10.3. The third kappa shape index (κ3) is 7.56. The topological polar surface area (TPSA) is 47.6 Å². The van der Waals surface area contributed by atoms with Crippen molar-refractivity contribution >= 4 is 5.91 Å². The fraction of sp³-hybridized carbons (Fsp3) is 0.500. The molecule has 0 saturated heterocycles. The SMILES string of the molecule is C=CC1=C(/C=C(\C)NC(C)=O)OC(F)(F)O1.CC.CC. The Balaban J connectivity index is 0. The number of carbonyl (C=O) groups excluding carboxylic acids is 1. The first-order valence-corrected chi connectivity index (χ1v) is 6.42. The van der Waals surface area contributed by atoms with E-state index in [4.69, 9.17) is 0 Å². The van der Waals surface area contributed by atoms with Gasteiger partial charge in [0, 0.05) is 18.7 Å². The number of amides is 1. The second kappa shape index (κ2) is 10.00. The summed E-state index contributed by atoms with van der Waals surface area (Å²) in [4.78, 5) is 10.7. The Hall–Kier alpha value is -1.85. The van der Waals surface area contributed by atoms with Crippen LogP contribution in [0.4, 0.5) is 8.78 Å². The molecule has 116 valence electrons. The molecule has 0 radical (unpaired) electrons. The number of alkyl halides is 2. The van der Waals surface area contributed by atoms with E-state index in [2.05, 4.69) is 21.4 Å². The molecule has 1 amide bonds. The zero-order valence-electron chi connectivity index (χ0n) is 12.8. The maximum absolute atomic E-state index is 12.7. The zero-order valence-corrected chi connectivity index (χ0v) is 12.8. The normalized spacial score (nSPS) is 15.7. The summed E-state index contributed by atoms with van der Waals surface area (Å²) >= 11 is 0. The number of rotatable bonds is 3. The first-order chi connectivity index (χ1) is 9.34. The van der Waals surface area contributed by atoms with Crippen LogP contribution in [0.15, 0.2) is 35.9 Å². The molecule has 1 aliphatic rings. The average Bonchev–Trinajstić information content (AvgIpc) is 2.67. The summed E-state index contributed by atoms with van der Waals surface area (Å²) < 4.78 is 33.8. The molecule has 0 aromatic carbocycles. The number of hydrogen-bond donors (Lipinski definition) is 1. The molecule has 1 rings (SSSR count). The summed E-state index contributed by atoms with van der Waals surface area (Å²) in [5, 5.41) is 2.41. The van der Waals surface area contributed by atoms with Crippen LogP contribution in [0.2, 0.25) is 0 Å². The Morgan fingerprint density at radius 3 is 2.00 bits per heavy atom. The lowest BCUT2D eigenvalue weighted by molar-refractivity contribution is -0.335. The van der Waals surface area contributed by atoms with Crippen molar-refractivity contribution in [3.8, 4) is 0 Å². The highest BCUT2D eigenvalue weighted by atomic mass is 19.3. The molecule has 4 nitrogen and oxygen atoms in total. The average molecular weight is 291 g/mol. The van der Waals surface area contributed by atoms with Crippen molar-refractivity contribution in [1.29, 1.82) is 0 Å². The monoisotopic (exact) mass is 291 g/mol. The van der Waals surface area contributed by atoms with Gasteiger partial charge in [-0.1, -0.05) is 34.3 Å². The van der Waals surface area contributed by atoms with Crippen LogP contribution >= 0.6 is 0 Å². The lowest BCUT2D eigenvalue weighted by Crippen LogP contribution is -2.18. The van der Waals surface area contributed by atoms with E-state index >= 15 is 0 Å². The van der Waals surface area contributed by atoms with E-state index in [1.165, 1.54) is 19.9 Å². The third-order valence-electron chi connectivity index (χ3n) is 1.61. The van der Waals surface area contributed by atoms with E-state index in [9.17, 15) is 13.6 Å². The van der Waals surface area contributed by atoms with Gasteiger partial charge < -0.3 is 14.8 Å². The fourth-order valence-corrected chi connectivity index (χ4v) is 1.13. The highest BCUT2D eigenvalue weighted by Crippen LogP contribution is 2.34. The number of nitrogens with one attached hydrogen (secondary N) is 1. The summed E-state index contributed by atoms with van der Waals surface area (Å²) in [6.07, 6.45) is -1.35. The molecule has 20 heavy (non-hydrogen) atoms. The molecular formula is C14H23F2NO3. The van der Waals surface area contributed by atoms with Crippen LogP contribution in [-0.4, -0.2) is 12.2 Å². The van der Waals surface area contributed by atoms with Gasteiger partial charge in [-0.2, -0.15) is 0 Å². The molecule has 1 aliphatic heterocycles. The first kappa shape index (κ1) is 20.5. The van der Waals surface area contributed by atoms with E-state index in [0.29, 0.717) is 5.70 Å². The molecule has 0 bridgehead atoms. The van der Waals surface area contributed by atoms with E-state index < -0.39 is 6.29 Å². The van der Waals surface area contributed by atoms with Gasteiger partial charge in [0.25, 0.3) is 0 Å². The standard InChI is InChI=1S/C10H11F2NO3.2C2H6/c1-4-8-9(16-10(11,12)15-8)5-6(2)13-7(3)14;2*1-2/h4-5H,1H2,2-3H3,(H,13,14);2*1-2H3/b6-5+;;. The van der Waals surface area contributed by atoms with E-state index in [1.54, 1.807) is 0 Å². The van der Waals surface area contributed by atoms with Crippen LogP contribution in [0.25, 0.3) is 0 Å². The van der Waals surface area contributed by atoms with Crippen LogP contribution in [0.1, 0.15) is 41.5 Å². The number of halogens is 2. The Morgan fingerprint density at radius 2 is 1.60 bits per heavy atom. The Morgan fingerprint density at radius 1 is 1.15 bits per heavy atom. The fourth-order valence-electron chi connectivity index (χ4n) is 1.13. The smallest absolute Gasteiger partial charge is 0.395 e. The number of allylic oxidation sites excluding steroid dienone is 3. The number of ether oxygens (including phenoxy) is 2. The van der Waals surface area contributed by atoms with Gasteiger partial charge in [0.15, 0.2) is 11.5 Å². The predicted octanol–water partition coefficient (Wildman–Crippen LogP) is 4.07. The van der Waals surface area contributed by atoms with Crippen molar-refractivity contribution in [2.75, 3.05) is 0 Å². The van der Waals surface area contributed by atoms with Gasteiger partial charge in [-0.15, -0.1) is 8.78 Å². The van der Waals surface area contributed by atoms with Crippen LogP contribution < -0.4 is 5.32 Å². The Bertz CT molecular complexity index is 388. The molecule has 0 fully saturated rings. The molecule has 0 atom stereocenters. The molecule has 1 N–H and O–H groups in total. The second-order valence-corrected chi connectivity index (χ2v) is 3.11. The van der Waals surface area contributed by atoms with Crippen molar-refractivity contribution in [2.24, 2.45) is 0 Å². The molecule has 0 unspecified atom stereocenters. The van der Waals surface area contributed by atoms with Crippen molar-refractivity contribution in [1.82, 2.24) is 5.32 Å².